The topological polar surface area (TPSA) is 108 Å². The Bertz CT molecular complexity index is 1170. The minimum absolute atomic E-state index is 0.204. The van der Waals surface area contributed by atoms with Crippen molar-refractivity contribution in [2.45, 2.75) is 44.4 Å². The van der Waals surface area contributed by atoms with Gasteiger partial charge in [-0.2, -0.15) is 4.31 Å². The summed E-state index contributed by atoms with van der Waals surface area (Å²) in [6.45, 7) is 4.40. The molecule has 9 heteroatoms. The molecule has 1 amide bonds. The molecule has 2 aromatic heterocycles. The first-order chi connectivity index (χ1) is 14.9. The van der Waals surface area contributed by atoms with Gasteiger partial charge in [-0.15, -0.1) is 0 Å². The molecule has 1 aliphatic rings. The van der Waals surface area contributed by atoms with Gasteiger partial charge in [0.05, 0.1) is 6.20 Å². The zero-order valence-electron chi connectivity index (χ0n) is 17.6. The molecule has 0 bridgehead atoms. The number of hydrogen-bond acceptors (Lipinski definition) is 5. The Kier molecular flexibility index (Phi) is 5.97. The standard InChI is InChI=1S/C22H26N4O4S/c1-15-20(22(27)25-18-9-7-8-17(14-18)19-10-11-23-30-19)24-16(2)21(15)31(28,29)26-12-5-3-4-6-13-26/h7-11,14,24H,3-6,12-13H2,1-2H3,(H,25,27). The highest BCUT2D eigenvalue weighted by molar-refractivity contribution is 7.89. The Labute approximate surface area is 181 Å². The van der Waals surface area contributed by atoms with Gasteiger partial charge in [-0.3, -0.25) is 4.79 Å². The molecule has 2 N–H and O–H groups in total. The van der Waals surface area contributed by atoms with Crippen molar-refractivity contribution in [3.8, 4) is 11.3 Å². The number of hydrogen-bond donors (Lipinski definition) is 2. The quantitative estimate of drug-likeness (QED) is 0.618. The van der Waals surface area contributed by atoms with Gasteiger partial charge >= 0.3 is 0 Å². The van der Waals surface area contributed by atoms with E-state index < -0.39 is 15.9 Å². The van der Waals surface area contributed by atoms with Crippen LogP contribution in [0.3, 0.4) is 0 Å². The highest BCUT2D eigenvalue weighted by Crippen LogP contribution is 2.29. The fourth-order valence-electron chi connectivity index (χ4n) is 4.07. The summed E-state index contributed by atoms with van der Waals surface area (Å²) in [7, 11) is -3.67. The van der Waals surface area contributed by atoms with Crippen LogP contribution in [0.25, 0.3) is 11.3 Å². The Morgan fingerprint density at radius 2 is 1.87 bits per heavy atom. The van der Waals surface area contributed by atoms with Gasteiger partial charge in [0.15, 0.2) is 5.76 Å². The SMILES string of the molecule is Cc1[nH]c(C(=O)Nc2cccc(-c3ccno3)c2)c(C)c1S(=O)(=O)N1CCCCCC1. The van der Waals surface area contributed by atoms with Crippen LogP contribution in [0.1, 0.15) is 47.4 Å². The number of aromatic nitrogens is 2. The van der Waals surface area contributed by atoms with E-state index >= 15 is 0 Å². The van der Waals surface area contributed by atoms with E-state index in [0.29, 0.717) is 35.8 Å². The second-order valence-corrected chi connectivity index (χ2v) is 9.68. The monoisotopic (exact) mass is 442 g/mol. The number of carbonyl (C=O) groups is 1. The molecule has 3 heterocycles. The number of aromatic amines is 1. The summed E-state index contributed by atoms with van der Waals surface area (Å²) in [5, 5.41) is 6.54. The lowest BCUT2D eigenvalue weighted by Crippen LogP contribution is -2.32. The van der Waals surface area contributed by atoms with Crippen molar-refractivity contribution in [3.05, 3.63) is 53.5 Å². The average Bonchev–Trinajstić information content (AvgIpc) is 3.27. The lowest BCUT2D eigenvalue weighted by atomic mass is 10.1. The molecule has 0 radical (unpaired) electrons. The average molecular weight is 443 g/mol. The first-order valence-electron chi connectivity index (χ1n) is 10.4. The van der Waals surface area contributed by atoms with E-state index in [1.54, 1.807) is 48.6 Å². The van der Waals surface area contributed by atoms with E-state index in [0.717, 1.165) is 31.2 Å². The molecular weight excluding hydrogens is 416 g/mol. The summed E-state index contributed by atoms with van der Waals surface area (Å²) in [6, 6.07) is 8.93. The van der Waals surface area contributed by atoms with Gasteiger partial charge in [-0.1, -0.05) is 30.1 Å². The van der Waals surface area contributed by atoms with Gasteiger partial charge in [-0.25, -0.2) is 8.42 Å². The Balaban J connectivity index is 1.60. The number of nitrogens with zero attached hydrogens (tertiary/aromatic N) is 2. The number of anilines is 1. The molecule has 1 saturated heterocycles. The zero-order chi connectivity index (χ0) is 22.0. The van der Waals surface area contributed by atoms with Crippen LogP contribution in [0.2, 0.25) is 0 Å². The first kappa shape index (κ1) is 21.3. The third-order valence-corrected chi connectivity index (χ3v) is 7.77. The highest BCUT2D eigenvalue weighted by Gasteiger charge is 2.32. The van der Waals surface area contributed by atoms with Gasteiger partial charge in [0.1, 0.15) is 10.6 Å². The molecule has 0 unspecified atom stereocenters. The minimum atomic E-state index is -3.67. The molecule has 1 aromatic carbocycles. The third kappa shape index (κ3) is 4.28. The van der Waals surface area contributed by atoms with Crippen LogP contribution in [0.5, 0.6) is 0 Å². The van der Waals surface area contributed by atoms with Crippen molar-refractivity contribution in [1.29, 1.82) is 0 Å². The molecule has 0 atom stereocenters. The van der Waals surface area contributed by atoms with E-state index in [4.69, 9.17) is 4.52 Å². The fourth-order valence-corrected chi connectivity index (χ4v) is 5.99. The van der Waals surface area contributed by atoms with Crippen LogP contribution in [-0.2, 0) is 10.0 Å². The number of benzene rings is 1. The number of sulfonamides is 1. The van der Waals surface area contributed by atoms with Crippen molar-refractivity contribution < 1.29 is 17.7 Å². The van der Waals surface area contributed by atoms with Crippen LogP contribution >= 0.6 is 0 Å². The van der Waals surface area contributed by atoms with Gasteiger partial charge in [0.25, 0.3) is 5.91 Å². The molecule has 164 valence electrons. The largest absolute Gasteiger partial charge is 0.356 e. The van der Waals surface area contributed by atoms with Gasteiger partial charge in [0, 0.05) is 36.1 Å². The zero-order valence-corrected chi connectivity index (χ0v) is 18.5. The maximum atomic E-state index is 13.3. The van der Waals surface area contributed by atoms with E-state index in [1.165, 1.54) is 0 Å². The molecule has 31 heavy (non-hydrogen) atoms. The van der Waals surface area contributed by atoms with Crippen molar-refractivity contribution >= 4 is 21.6 Å². The number of carbonyl (C=O) groups excluding carboxylic acids is 1. The maximum Gasteiger partial charge on any atom is 0.272 e. The van der Waals surface area contributed by atoms with Gasteiger partial charge < -0.3 is 14.8 Å². The van der Waals surface area contributed by atoms with Crippen molar-refractivity contribution in [1.82, 2.24) is 14.4 Å². The van der Waals surface area contributed by atoms with Crippen molar-refractivity contribution in [2.75, 3.05) is 18.4 Å². The predicted molar refractivity (Wildman–Crippen MR) is 117 cm³/mol. The second-order valence-electron chi connectivity index (χ2n) is 7.81. The minimum Gasteiger partial charge on any atom is -0.356 e. The molecule has 1 aliphatic heterocycles. The number of nitrogens with one attached hydrogen (secondary N) is 2. The summed E-state index contributed by atoms with van der Waals surface area (Å²) in [4.78, 5) is 16.2. The van der Waals surface area contributed by atoms with Crippen LogP contribution in [0, 0.1) is 13.8 Å². The van der Waals surface area contributed by atoms with E-state index in [-0.39, 0.29) is 10.6 Å². The van der Waals surface area contributed by atoms with E-state index in [1.807, 2.05) is 6.07 Å². The maximum absolute atomic E-state index is 13.3. The fraction of sp³-hybridized carbons (Fsp3) is 0.364. The van der Waals surface area contributed by atoms with Crippen LogP contribution in [0.4, 0.5) is 5.69 Å². The predicted octanol–water partition coefficient (Wildman–Crippen LogP) is 4.10. The summed E-state index contributed by atoms with van der Waals surface area (Å²) in [6.07, 6.45) is 5.35. The molecule has 1 fully saturated rings. The molecular formula is C22H26N4O4S. The summed E-state index contributed by atoms with van der Waals surface area (Å²) < 4.78 is 33.3. The van der Waals surface area contributed by atoms with Crippen LogP contribution in [0.15, 0.2) is 45.9 Å². The lowest BCUT2D eigenvalue weighted by molar-refractivity contribution is 0.102. The van der Waals surface area contributed by atoms with Crippen molar-refractivity contribution in [2.24, 2.45) is 0 Å². The van der Waals surface area contributed by atoms with Crippen LogP contribution < -0.4 is 5.32 Å². The van der Waals surface area contributed by atoms with Gasteiger partial charge in [0.2, 0.25) is 10.0 Å². The normalized spacial score (nSPS) is 15.5. The number of H-pyrrole nitrogens is 1. The number of amides is 1. The highest BCUT2D eigenvalue weighted by atomic mass is 32.2. The Morgan fingerprint density at radius 3 is 2.55 bits per heavy atom. The van der Waals surface area contributed by atoms with Crippen molar-refractivity contribution in [3.63, 3.8) is 0 Å². The molecule has 3 aromatic rings. The molecule has 4 rings (SSSR count). The smallest absolute Gasteiger partial charge is 0.272 e. The summed E-state index contributed by atoms with van der Waals surface area (Å²) in [5.41, 5.74) is 2.51. The number of aryl methyl sites for hydroxylation is 1. The van der Waals surface area contributed by atoms with Gasteiger partial charge in [-0.05, 0) is 44.4 Å². The summed E-state index contributed by atoms with van der Waals surface area (Å²) >= 11 is 0. The second kappa shape index (κ2) is 8.68. The molecule has 0 spiro atoms. The lowest BCUT2D eigenvalue weighted by Gasteiger charge is -2.20. The summed E-state index contributed by atoms with van der Waals surface area (Å²) in [5.74, 6) is 0.196. The van der Waals surface area contributed by atoms with Crippen LogP contribution in [-0.4, -0.2) is 41.9 Å². The molecule has 0 saturated carbocycles. The third-order valence-electron chi connectivity index (χ3n) is 5.60. The van der Waals surface area contributed by atoms with E-state index in [9.17, 15) is 13.2 Å². The molecule has 0 aliphatic carbocycles. The first-order valence-corrected chi connectivity index (χ1v) is 11.8. The Hall–Kier alpha value is -2.91. The Morgan fingerprint density at radius 1 is 1.13 bits per heavy atom. The number of rotatable bonds is 5. The molecule has 8 nitrogen and oxygen atoms in total. The van der Waals surface area contributed by atoms with E-state index in [2.05, 4.69) is 15.5 Å².